The molecule has 0 amide bonds. The van der Waals surface area contributed by atoms with E-state index in [0.29, 0.717) is 5.75 Å². The standard InChI is InChI=1S/C19H18O3S/c1-12(20)23-11-18(19(21)22)17-10-15-9-14(7-8-16(15)17)13-5-3-2-4-6-13/h2-9,17-18H,10-11H2,1H3,(H,21,22)/t17-,18-/m0/s1. The van der Waals surface area contributed by atoms with E-state index >= 15 is 0 Å². The lowest BCUT2D eigenvalue weighted by Gasteiger charge is -2.34. The van der Waals surface area contributed by atoms with Crippen LogP contribution in [-0.4, -0.2) is 21.9 Å². The SMILES string of the molecule is CC(=O)SC[C@H](C(=O)O)[C@H]1Cc2cc(-c3ccccc3)ccc21. The van der Waals surface area contributed by atoms with Gasteiger partial charge in [-0.2, -0.15) is 0 Å². The molecule has 0 fully saturated rings. The van der Waals surface area contributed by atoms with Crippen molar-refractivity contribution in [3.05, 3.63) is 59.7 Å². The molecule has 0 radical (unpaired) electrons. The van der Waals surface area contributed by atoms with E-state index in [1.54, 1.807) is 0 Å². The number of carbonyl (C=O) groups is 2. The molecule has 4 heteroatoms. The normalized spacial score (nSPS) is 17.0. The van der Waals surface area contributed by atoms with E-state index in [-0.39, 0.29) is 11.0 Å². The van der Waals surface area contributed by atoms with Crippen LogP contribution in [0, 0.1) is 5.92 Å². The van der Waals surface area contributed by atoms with E-state index < -0.39 is 11.9 Å². The summed E-state index contributed by atoms with van der Waals surface area (Å²) in [5.74, 6) is -0.963. The minimum Gasteiger partial charge on any atom is -0.481 e. The Kier molecular flexibility index (Phi) is 4.53. The molecular formula is C19H18O3S. The largest absolute Gasteiger partial charge is 0.481 e. The van der Waals surface area contributed by atoms with Crippen LogP contribution in [0.5, 0.6) is 0 Å². The second-order valence-corrected chi connectivity index (χ2v) is 7.03. The van der Waals surface area contributed by atoms with E-state index in [2.05, 4.69) is 24.3 Å². The lowest BCUT2D eigenvalue weighted by atomic mass is 9.70. The van der Waals surface area contributed by atoms with Crippen molar-refractivity contribution in [3.8, 4) is 11.1 Å². The van der Waals surface area contributed by atoms with Crippen LogP contribution >= 0.6 is 11.8 Å². The summed E-state index contributed by atoms with van der Waals surface area (Å²) >= 11 is 1.10. The lowest BCUT2D eigenvalue weighted by molar-refractivity contribution is -0.141. The Bertz CT molecular complexity index is 740. The number of hydrogen-bond donors (Lipinski definition) is 1. The fraction of sp³-hybridized carbons (Fsp3) is 0.263. The zero-order chi connectivity index (χ0) is 16.4. The molecule has 23 heavy (non-hydrogen) atoms. The maximum absolute atomic E-state index is 11.5. The summed E-state index contributed by atoms with van der Waals surface area (Å²) in [4.78, 5) is 22.6. The van der Waals surface area contributed by atoms with Crippen LogP contribution in [0.3, 0.4) is 0 Å². The van der Waals surface area contributed by atoms with E-state index in [1.807, 2.05) is 24.3 Å². The molecule has 2 aromatic carbocycles. The second-order valence-electron chi connectivity index (χ2n) is 5.84. The van der Waals surface area contributed by atoms with Crippen LogP contribution in [0.2, 0.25) is 0 Å². The highest BCUT2D eigenvalue weighted by Gasteiger charge is 2.37. The van der Waals surface area contributed by atoms with Crippen LogP contribution < -0.4 is 0 Å². The number of rotatable bonds is 5. The van der Waals surface area contributed by atoms with Crippen molar-refractivity contribution in [3.63, 3.8) is 0 Å². The molecular weight excluding hydrogens is 308 g/mol. The van der Waals surface area contributed by atoms with Gasteiger partial charge in [0.25, 0.3) is 0 Å². The fourth-order valence-electron chi connectivity index (χ4n) is 3.10. The smallest absolute Gasteiger partial charge is 0.307 e. The van der Waals surface area contributed by atoms with Crippen molar-refractivity contribution in [2.45, 2.75) is 19.3 Å². The number of benzene rings is 2. The quantitative estimate of drug-likeness (QED) is 0.903. The van der Waals surface area contributed by atoms with Gasteiger partial charge in [-0.3, -0.25) is 9.59 Å². The monoisotopic (exact) mass is 326 g/mol. The van der Waals surface area contributed by atoms with E-state index in [4.69, 9.17) is 0 Å². The predicted molar refractivity (Wildman–Crippen MR) is 92.6 cm³/mol. The molecule has 0 saturated carbocycles. The molecule has 118 valence electrons. The van der Waals surface area contributed by atoms with Crippen molar-refractivity contribution < 1.29 is 14.7 Å². The molecule has 2 atom stereocenters. The third-order valence-electron chi connectivity index (χ3n) is 4.36. The van der Waals surface area contributed by atoms with E-state index in [0.717, 1.165) is 29.3 Å². The molecule has 0 aliphatic heterocycles. The van der Waals surface area contributed by atoms with Gasteiger partial charge in [-0.1, -0.05) is 60.3 Å². The Hall–Kier alpha value is -2.07. The number of hydrogen-bond acceptors (Lipinski definition) is 3. The average molecular weight is 326 g/mol. The number of thioether (sulfide) groups is 1. The minimum atomic E-state index is -0.818. The van der Waals surface area contributed by atoms with Crippen molar-refractivity contribution in [1.29, 1.82) is 0 Å². The molecule has 0 heterocycles. The van der Waals surface area contributed by atoms with Gasteiger partial charge in [0.2, 0.25) is 0 Å². The van der Waals surface area contributed by atoms with Crippen LogP contribution in [0.25, 0.3) is 11.1 Å². The van der Waals surface area contributed by atoms with Gasteiger partial charge in [0.15, 0.2) is 5.12 Å². The summed E-state index contributed by atoms with van der Waals surface area (Å²) < 4.78 is 0. The van der Waals surface area contributed by atoms with Gasteiger partial charge in [0.05, 0.1) is 5.92 Å². The number of carboxylic acids is 1. The highest BCUT2D eigenvalue weighted by Crippen LogP contribution is 2.43. The Morgan fingerprint density at radius 3 is 2.52 bits per heavy atom. The summed E-state index contributed by atoms with van der Waals surface area (Å²) in [5.41, 5.74) is 4.66. The van der Waals surface area contributed by atoms with Crippen molar-refractivity contribution in [2.75, 3.05) is 5.75 Å². The van der Waals surface area contributed by atoms with E-state index in [9.17, 15) is 14.7 Å². The number of fused-ring (bicyclic) bond motifs is 1. The molecule has 1 aliphatic carbocycles. The summed E-state index contributed by atoms with van der Waals surface area (Å²) in [7, 11) is 0. The lowest BCUT2D eigenvalue weighted by Crippen LogP contribution is -2.32. The summed E-state index contributed by atoms with van der Waals surface area (Å²) in [6, 6.07) is 16.4. The van der Waals surface area contributed by atoms with Gasteiger partial charge >= 0.3 is 5.97 Å². The Balaban J connectivity index is 1.80. The fourth-order valence-corrected chi connectivity index (χ4v) is 3.89. The third-order valence-corrected chi connectivity index (χ3v) is 5.29. The molecule has 1 N–H and O–H groups in total. The zero-order valence-corrected chi connectivity index (χ0v) is 13.7. The molecule has 0 spiro atoms. The highest BCUT2D eigenvalue weighted by atomic mass is 32.2. The maximum atomic E-state index is 11.5. The molecule has 0 unspecified atom stereocenters. The van der Waals surface area contributed by atoms with Crippen LogP contribution in [0.4, 0.5) is 0 Å². The first kappa shape index (κ1) is 15.8. The number of carbonyl (C=O) groups excluding carboxylic acids is 1. The molecule has 3 rings (SSSR count). The molecule has 1 aliphatic rings. The minimum absolute atomic E-state index is 0.0131. The van der Waals surface area contributed by atoms with Crippen LogP contribution in [-0.2, 0) is 16.0 Å². The van der Waals surface area contributed by atoms with Crippen LogP contribution in [0.1, 0.15) is 24.0 Å². The molecule has 2 aromatic rings. The summed E-state index contributed by atoms with van der Waals surface area (Å²) in [6.07, 6.45) is 0.769. The topological polar surface area (TPSA) is 54.4 Å². The summed E-state index contributed by atoms with van der Waals surface area (Å²) in [6.45, 7) is 1.48. The highest BCUT2D eigenvalue weighted by molar-refractivity contribution is 8.13. The first-order chi connectivity index (χ1) is 11.1. The van der Waals surface area contributed by atoms with Gasteiger partial charge in [-0.15, -0.1) is 0 Å². The predicted octanol–water partition coefficient (Wildman–Crippen LogP) is 3.97. The summed E-state index contributed by atoms with van der Waals surface area (Å²) in [5, 5.41) is 9.42. The first-order valence-electron chi connectivity index (χ1n) is 7.60. The van der Waals surface area contributed by atoms with Crippen LogP contribution in [0.15, 0.2) is 48.5 Å². The van der Waals surface area contributed by atoms with Gasteiger partial charge in [-0.05, 0) is 28.7 Å². The van der Waals surface area contributed by atoms with Crippen molar-refractivity contribution >= 4 is 22.8 Å². The first-order valence-corrected chi connectivity index (χ1v) is 8.59. The molecule has 0 aromatic heterocycles. The van der Waals surface area contributed by atoms with Gasteiger partial charge in [0.1, 0.15) is 0 Å². The van der Waals surface area contributed by atoms with E-state index in [1.165, 1.54) is 18.1 Å². The maximum Gasteiger partial charge on any atom is 0.307 e. The second kappa shape index (κ2) is 6.59. The average Bonchev–Trinajstić information content (AvgIpc) is 2.51. The van der Waals surface area contributed by atoms with Crippen molar-refractivity contribution in [2.24, 2.45) is 5.92 Å². The Morgan fingerprint density at radius 1 is 1.17 bits per heavy atom. The van der Waals surface area contributed by atoms with Crippen molar-refractivity contribution in [1.82, 2.24) is 0 Å². The molecule has 0 saturated heterocycles. The van der Waals surface area contributed by atoms with Gasteiger partial charge in [0, 0.05) is 18.6 Å². The van der Waals surface area contributed by atoms with Gasteiger partial charge < -0.3 is 5.11 Å². The Morgan fingerprint density at radius 2 is 1.91 bits per heavy atom. The van der Waals surface area contributed by atoms with Gasteiger partial charge in [-0.25, -0.2) is 0 Å². The Labute approximate surface area is 139 Å². The number of carboxylic acid groups (broad SMARTS) is 1. The third kappa shape index (κ3) is 3.32. The molecule has 0 bridgehead atoms. The number of aliphatic carboxylic acids is 1. The zero-order valence-electron chi connectivity index (χ0n) is 12.9. The molecule has 3 nitrogen and oxygen atoms in total.